The van der Waals surface area contributed by atoms with Crippen molar-refractivity contribution >= 4 is 11.4 Å². The van der Waals surface area contributed by atoms with Gasteiger partial charge in [0, 0.05) is 45.5 Å². The van der Waals surface area contributed by atoms with E-state index >= 15 is 0 Å². The van der Waals surface area contributed by atoms with Gasteiger partial charge in [0.1, 0.15) is 11.5 Å². The lowest BCUT2D eigenvalue weighted by Crippen LogP contribution is -2.46. The molecule has 0 atom stereocenters. The number of para-hydroxylation sites is 2. The predicted octanol–water partition coefficient (Wildman–Crippen LogP) is 3.33. The van der Waals surface area contributed by atoms with Crippen molar-refractivity contribution in [3.05, 3.63) is 48.5 Å². The van der Waals surface area contributed by atoms with Crippen LogP contribution in [0.1, 0.15) is 6.42 Å². The highest BCUT2D eigenvalue weighted by Crippen LogP contribution is 2.28. The summed E-state index contributed by atoms with van der Waals surface area (Å²) < 4.78 is 11.3. The maximum Gasteiger partial charge on any atom is 0.142 e. The molecule has 0 bridgehead atoms. The minimum absolute atomic E-state index is 0.756. The smallest absolute Gasteiger partial charge is 0.142 e. The summed E-state index contributed by atoms with van der Waals surface area (Å²) in [6.45, 7) is 6.06. The minimum Gasteiger partial charge on any atom is -0.495 e. The number of hydrogen-bond acceptors (Lipinski definition) is 5. The highest BCUT2D eigenvalue weighted by Gasteiger charge is 2.19. The van der Waals surface area contributed by atoms with E-state index in [1.807, 2.05) is 43.4 Å². The van der Waals surface area contributed by atoms with Crippen LogP contribution in [0, 0.1) is 0 Å². The second kappa shape index (κ2) is 9.34. The number of nitrogens with one attached hydrogen (secondary N) is 1. The lowest BCUT2D eigenvalue weighted by atomic mass is 10.2. The molecule has 1 aliphatic rings. The lowest BCUT2D eigenvalue weighted by molar-refractivity contribution is 0.224. The number of anilines is 2. The summed E-state index contributed by atoms with van der Waals surface area (Å²) in [7, 11) is 3.66. The molecule has 1 fully saturated rings. The Bertz CT molecular complexity index is 667. The van der Waals surface area contributed by atoms with Crippen molar-refractivity contribution in [3.63, 3.8) is 0 Å². The SMILES string of the molecule is CNc1ccc(OCCCN2CCN(c3ccccc3OC)CC2)cc1. The van der Waals surface area contributed by atoms with Gasteiger partial charge in [0.25, 0.3) is 0 Å². The monoisotopic (exact) mass is 355 g/mol. The van der Waals surface area contributed by atoms with E-state index in [4.69, 9.17) is 9.47 Å². The van der Waals surface area contributed by atoms with Crippen LogP contribution in [-0.2, 0) is 0 Å². The van der Waals surface area contributed by atoms with Crippen LogP contribution in [-0.4, -0.2) is 58.4 Å². The summed E-state index contributed by atoms with van der Waals surface area (Å²) in [6, 6.07) is 16.4. The summed E-state index contributed by atoms with van der Waals surface area (Å²) in [5, 5.41) is 3.11. The quantitative estimate of drug-likeness (QED) is 0.735. The number of rotatable bonds is 8. The molecule has 0 spiro atoms. The predicted molar refractivity (Wildman–Crippen MR) is 108 cm³/mol. The van der Waals surface area contributed by atoms with Crippen molar-refractivity contribution in [3.8, 4) is 11.5 Å². The van der Waals surface area contributed by atoms with E-state index in [0.29, 0.717) is 0 Å². The minimum atomic E-state index is 0.756. The van der Waals surface area contributed by atoms with Gasteiger partial charge in [-0.15, -0.1) is 0 Å². The van der Waals surface area contributed by atoms with Crippen LogP contribution < -0.4 is 19.7 Å². The maximum absolute atomic E-state index is 5.84. The van der Waals surface area contributed by atoms with Crippen LogP contribution in [0.15, 0.2) is 48.5 Å². The van der Waals surface area contributed by atoms with Gasteiger partial charge >= 0.3 is 0 Å². The van der Waals surface area contributed by atoms with Gasteiger partial charge in [-0.1, -0.05) is 12.1 Å². The van der Waals surface area contributed by atoms with Gasteiger partial charge in [-0.2, -0.15) is 0 Å². The van der Waals surface area contributed by atoms with E-state index in [1.165, 1.54) is 5.69 Å². The van der Waals surface area contributed by atoms with E-state index < -0.39 is 0 Å². The van der Waals surface area contributed by atoms with Crippen molar-refractivity contribution in [1.82, 2.24) is 4.90 Å². The van der Waals surface area contributed by atoms with Crippen molar-refractivity contribution in [2.24, 2.45) is 0 Å². The Labute approximate surface area is 156 Å². The van der Waals surface area contributed by atoms with Crippen LogP contribution in [0.4, 0.5) is 11.4 Å². The Hall–Kier alpha value is -2.40. The van der Waals surface area contributed by atoms with Gasteiger partial charge in [0.2, 0.25) is 0 Å². The number of nitrogens with zero attached hydrogens (tertiary/aromatic N) is 2. The number of ether oxygens (including phenoxy) is 2. The van der Waals surface area contributed by atoms with Crippen molar-refractivity contribution < 1.29 is 9.47 Å². The third-order valence-electron chi connectivity index (χ3n) is 4.83. The van der Waals surface area contributed by atoms with Crippen molar-refractivity contribution in [1.29, 1.82) is 0 Å². The average molecular weight is 355 g/mol. The molecule has 1 heterocycles. The molecule has 1 N–H and O–H groups in total. The number of methoxy groups -OCH3 is 1. The third-order valence-corrected chi connectivity index (χ3v) is 4.83. The number of piperazine rings is 1. The van der Waals surface area contributed by atoms with Crippen LogP contribution >= 0.6 is 0 Å². The molecule has 0 aromatic heterocycles. The molecule has 140 valence electrons. The van der Waals surface area contributed by atoms with E-state index in [2.05, 4.69) is 27.2 Å². The largest absolute Gasteiger partial charge is 0.495 e. The fourth-order valence-electron chi connectivity index (χ4n) is 3.30. The molecule has 0 radical (unpaired) electrons. The number of hydrogen-bond donors (Lipinski definition) is 1. The molecule has 5 nitrogen and oxygen atoms in total. The van der Waals surface area contributed by atoms with Gasteiger partial charge in [0.15, 0.2) is 0 Å². The Kier molecular flexibility index (Phi) is 6.61. The fraction of sp³-hybridized carbons (Fsp3) is 0.429. The summed E-state index contributed by atoms with van der Waals surface area (Å²) >= 11 is 0. The summed E-state index contributed by atoms with van der Waals surface area (Å²) in [5.74, 6) is 1.89. The van der Waals surface area contributed by atoms with E-state index in [1.54, 1.807) is 7.11 Å². The molecule has 2 aromatic carbocycles. The summed E-state index contributed by atoms with van der Waals surface area (Å²) in [6.07, 6.45) is 1.04. The van der Waals surface area contributed by atoms with Crippen molar-refractivity contribution in [2.75, 3.05) is 63.7 Å². The Morgan fingerprint density at radius 3 is 2.38 bits per heavy atom. The molecule has 1 aliphatic heterocycles. The van der Waals surface area contributed by atoms with E-state index in [0.717, 1.165) is 62.9 Å². The van der Waals surface area contributed by atoms with Crippen LogP contribution in [0.2, 0.25) is 0 Å². The molecule has 2 aromatic rings. The van der Waals surface area contributed by atoms with Gasteiger partial charge in [-0.05, 0) is 42.8 Å². The number of benzene rings is 2. The molecule has 3 rings (SSSR count). The molecule has 1 saturated heterocycles. The lowest BCUT2D eigenvalue weighted by Gasteiger charge is -2.36. The van der Waals surface area contributed by atoms with E-state index in [-0.39, 0.29) is 0 Å². The molecule has 0 saturated carbocycles. The van der Waals surface area contributed by atoms with Gasteiger partial charge < -0.3 is 19.7 Å². The zero-order chi connectivity index (χ0) is 18.2. The zero-order valence-electron chi connectivity index (χ0n) is 15.8. The molecule has 0 aliphatic carbocycles. The molecule has 5 heteroatoms. The first-order valence-corrected chi connectivity index (χ1v) is 9.31. The highest BCUT2D eigenvalue weighted by molar-refractivity contribution is 5.58. The first kappa shape index (κ1) is 18.4. The Balaban J connectivity index is 1.37. The molecule has 0 unspecified atom stereocenters. The van der Waals surface area contributed by atoms with Gasteiger partial charge in [-0.25, -0.2) is 0 Å². The molecule has 26 heavy (non-hydrogen) atoms. The first-order valence-electron chi connectivity index (χ1n) is 9.31. The first-order chi connectivity index (χ1) is 12.8. The third kappa shape index (κ3) is 4.82. The highest BCUT2D eigenvalue weighted by atomic mass is 16.5. The Morgan fingerprint density at radius 1 is 0.962 bits per heavy atom. The van der Waals surface area contributed by atoms with E-state index in [9.17, 15) is 0 Å². The zero-order valence-corrected chi connectivity index (χ0v) is 15.8. The summed E-state index contributed by atoms with van der Waals surface area (Å²) in [5.41, 5.74) is 2.30. The molecular formula is C21H29N3O2. The standard InChI is InChI=1S/C21H29N3O2/c1-22-18-8-10-19(11-9-18)26-17-5-12-23-13-15-24(16-14-23)20-6-3-4-7-21(20)25-2/h3-4,6-11,22H,5,12-17H2,1-2H3. The Morgan fingerprint density at radius 2 is 1.69 bits per heavy atom. The topological polar surface area (TPSA) is 37.0 Å². The normalized spacial score (nSPS) is 14.9. The van der Waals surface area contributed by atoms with Gasteiger partial charge in [-0.3, -0.25) is 4.90 Å². The maximum atomic E-state index is 5.84. The molecule has 0 amide bonds. The van der Waals surface area contributed by atoms with Gasteiger partial charge in [0.05, 0.1) is 19.4 Å². The second-order valence-corrected chi connectivity index (χ2v) is 6.48. The molecular weight excluding hydrogens is 326 g/mol. The fourth-order valence-corrected chi connectivity index (χ4v) is 3.30. The summed E-state index contributed by atoms with van der Waals surface area (Å²) in [4.78, 5) is 4.93. The van der Waals surface area contributed by atoms with Crippen LogP contribution in [0.3, 0.4) is 0 Å². The van der Waals surface area contributed by atoms with Crippen LogP contribution in [0.25, 0.3) is 0 Å². The van der Waals surface area contributed by atoms with Crippen LogP contribution in [0.5, 0.6) is 11.5 Å². The second-order valence-electron chi connectivity index (χ2n) is 6.48. The average Bonchev–Trinajstić information content (AvgIpc) is 2.72. The van der Waals surface area contributed by atoms with Crippen molar-refractivity contribution in [2.45, 2.75) is 6.42 Å².